The highest BCUT2D eigenvalue weighted by Crippen LogP contribution is 2.06. The van der Waals surface area contributed by atoms with Gasteiger partial charge in [-0.05, 0) is 34.1 Å². The Morgan fingerprint density at radius 1 is 1.09 bits per heavy atom. The lowest BCUT2D eigenvalue weighted by molar-refractivity contribution is -0.137. The fourth-order valence-electron chi connectivity index (χ4n) is 1.42. The Morgan fingerprint density at radius 3 is 1.91 bits per heavy atom. The van der Waals surface area contributed by atoms with Crippen molar-refractivity contribution in [1.82, 2.24) is 0 Å². The monoisotopic (exact) mass is 346 g/mol. The van der Waals surface area contributed by atoms with Crippen molar-refractivity contribution >= 4 is 21.5 Å². The number of aliphatic carboxylic acids is 1. The van der Waals surface area contributed by atoms with E-state index in [0.29, 0.717) is 6.61 Å². The second kappa shape index (κ2) is 15.5. The molecule has 0 aromatic rings. The number of carbonyl (C=O) groups is 2. The molecule has 0 aromatic heterocycles. The number of hydrogen-bond donors (Lipinski definition) is 1. The van der Waals surface area contributed by atoms with Gasteiger partial charge in [0.15, 0.2) is 0 Å². The molecule has 0 saturated carbocycles. The van der Waals surface area contributed by atoms with Gasteiger partial charge in [-0.25, -0.2) is 9.59 Å². The summed E-state index contributed by atoms with van der Waals surface area (Å²) >= 11 is 0. The van der Waals surface area contributed by atoms with Crippen molar-refractivity contribution in [1.29, 1.82) is 0 Å². The average Bonchev–Trinajstić information content (AvgIpc) is 2.45. The molecule has 23 heavy (non-hydrogen) atoms. The highest BCUT2D eigenvalue weighted by atomic mass is 28.2. The van der Waals surface area contributed by atoms with Crippen LogP contribution in [0.4, 0.5) is 0 Å². The van der Waals surface area contributed by atoms with E-state index in [-0.39, 0.29) is 24.1 Å². The number of rotatable bonds is 11. The lowest BCUT2D eigenvalue weighted by atomic mass is 10.5. The van der Waals surface area contributed by atoms with Crippen LogP contribution < -0.4 is 0 Å². The summed E-state index contributed by atoms with van der Waals surface area (Å²) in [6.07, 6.45) is 3.24. The molecular weight excluding hydrogens is 316 g/mol. The lowest BCUT2D eigenvalue weighted by Crippen LogP contribution is -2.30. The third kappa shape index (κ3) is 20.6. The molecule has 0 radical (unpaired) electrons. The topological polar surface area (TPSA) is 82.1 Å². The molecule has 0 saturated heterocycles. The van der Waals surface area contributed by atoms with E-state index < -0.39 is 15.5 Å². The molecule has 134 valence electrons. The SMILES string of the molecule is C=CC(=O)O.C=CC(=O)OCCC[SiH2]C(OC(C)C)OC(C)C. The summed E-state index contributed by atoms with van der Waals surface area (Å²) in [7, 11) is -0.473. The van der Waals surface area contributed by atoms with E-state index in [2.05, 4.69) is 13.2 Å². The average molecular weight is 346 g/mol. The van der Waals surface area contributed by atoms with E-state index in [1.165, 1.54) is 6.08 Å². The third-order valence-corrected chi connectivity index (χ3v) is 4.03. The van der Waals surface area contributed by atoms with Gasteiger partial charge in [0, 0.05) is 12.2 Å². The molecule has 0 atom stereocenters. The minimum Gasteiger partial charge on any atom is -0.478 e. The maximum Gasteiger partial charge on any atom is 0.330 e. The van der Waals surface area contributed by atoms with Crippen LogP contribution in [0.15, 0.2) is 25.3 Å². The van der Waals surface area contributed by atoms with E-state index in [4.69, 9.17) is 19.3 Å². The maximum atomic E-state index is 10.8. The van der Waals surface area contributed by atoms with Gasteiger partial charge in [0.25, 0.3) is 0 Å². The van der Waals surface area contributed by atoms with Crippen molar-refractivity contribution in [3.63, 3.8) is 0 Å². The van der Waals surface area contributed by atoms with Gasteiger partial charge in [0.1, 0.15) is 5.91 Å². The normalized spacial score (nSPS) is 10.7. The number of hydrogen-bond acceptors (Lipinski definition) is 5. The number of carboxylic acid groups (broad SMARTS) is 1. The largest absolute Gasteiger partial charge is 0.478 e. The maximum absolute atomic E-state index is 10.8. The van der Waals surface area contributed by atoms with Crippen LogP contribution in [0.1, 0.15) is 34.1 Å². The standard InChI is InChI=1S/C13H26O4Si.C3H4O2/c1-6-12(14)15-8-7-9-18-13(16-10(2)3)17-11(4)5;1-2-3(4)5/h6,10-11,13H,1,7-9,18H2,2-5H3;2H,1H2,(H,4,5). The van der Waals surface area contributed by atoms with Crippen molar-refractivity contribution in [3.05, 3.63) is 25.3 Å². The lowest BCUT2D eigenvalue weighted by Gasteiger charge is -2.22. The van der Waals surface area contributed by atoms with Gasteiger partial charge in [0.2, 0.25) is 0 Å². The van der Waals surface area contributed by atoms with Crippen molar-refractivity contribution < 1.29 is 28.9 Å². The zero-order valence-electron chi connectivity index (χ0n) is 14.6. The summed E-state index contributed by atoms with van der Waals surface area (Å²) in [5.74, 6) is -1.38. The summed E-state index contributed by atoms with van der Waals surface area (Å²) in [6.45, 7) is 14.8. The number of carboxylic acids is 1. The van der Waals surface area contributed by atoms with Gasteiger partial charge in [-0.15, -0.1) is 0 Å². The zero-order chi connectivity index (χ0) is 18.3. The summed E-state index contributed by atoms with van der Waals surface area (Å²) in [5, 5.41) is 7.60. The van der Waals surface area contributed by atoms with Crippen molar-refractivity contribution in [3.8, 4) is 0 Å². The molecule has 0 spiro atoms. The molecule has 0 aliphatic rings. The Morgan fingerprint density at radius 2 is 1.57 bits per heavy atom. The Bertz CT molecular complexity index is 344. The van der Waals surface area contributed by atoms with E-state index in [1.54, 1.807) is 0 Å². The molecule has 0 amide bonds. The first kappa shape index (κ1) is 23.8. The fraction of sp³-hybridized carbons (Fsp3) is 0.625. The fourth-order valence-corrected chi connectivity index (χ4v) is 3.29. The van der Waals surface area contributed by atoms with Crippen LogP contribution in [-0.4, -0.2) is 51.3 Å². The van der Waals surface area contributed by atoms with Crippen LogP contribution in [0.25, 0.3) is 0 Å². The smallest absolute Gasteiger partial charge is 0.330 e. The molecule has 0 unspecified atom stereocenters. The van der Waals surface area contributed by atoms with Crippen LogP contribution in [0.3, 0.4) is 0 Å². The molecule has 0 bridgehead atoms. The van der Waals surface area contributed by atoms with E-state index in [0.717, 1.165) is 18.5 Å². The van der Waals surface area contributed by atoms with E-state index >= 15 is 0 Å². The van der Waals surface area contributed by atoms with Crippen LogP contribution in [0.5, 0.6) is 0 Å². The summed E-state index contributed by atoms with van der Waals surface area (Å²) in [6, 6.07) is 1.04. The third-order valence-electron chi connectivity index (χ3n) is 2.27. The molecule has 7 heteroatoms. The summed E-state index contributed by atoms with van der Waals surface area (Å²) in [5.41, 5.74) is 0. The minimum absolute atomic E-state index is 0.0416. The predicted molar refractivity (Wildman–Crippen MR) is 93.2 cm³/mol. The molecule has 6 nitrogen and oxygen atoms in total. The molecule has 0 aromatic carbocycles. The molecule has 0 aliphatic heterocycles. The number of esters is 1. The van der Waals surface area contributed by atoms with Crippen LogP contribution in [0, 0.1) is 0 Å². The number of ether oxygens (including phenoxy) is 3. The first-order valence-electron chi connectivity index (χ1n) is 7.68. The van der Waals surface area contributed by atoms with Crippen LogP contribution in [-0.2, 0) is 23.8 Å². The highest BCUT2D eigenvalue weighted by Gasteiger charge is 2.13. The minimum atomic E-state index is -0.981. The molecule has 0 fully saturated rings. The summed E-state index contributed by atoms with van der Waals surface area (Å²) < 4.78 is 16.4. The van der Waals surface area contributed by atoms with Gasteiger partial charge in [-0.3, -0.25) is 0 Å². The molecule has 0 rings (SSSR count). The predicted octanol–water partition coefficient (Wildman–Crippen LogP) is 2.08. The van der Waals surface area contributed by atoms with Gasteiger partial charge in [-0.2, -0.15) is 0 Å². The Labute approximate surface area is 141 Å². The van der Waals surface area contributed by atoms with Gasteiger partial charge in [-0.1, -0.05) is 19.2 Å². The summed E-state index contributed by atoms with van der Waals surface area (Å²) in [4.78, 5) is 20.1. The van der Waals surface area contributed by atoms with Crippen molar-refractivity contribution in [2.45, 2.75) is 58.3 Å². The first-order chi connectivity index (χ1) is 10.7. The molecule has 1 N–H and O–H groups in total. The Hall–Kier alpha value is -1.44. The molecule has 0 heterocycles. The number of carbonyl (C=O) groups excluding carboxylic acids is 1. The van der Waals surface area contributed by atoms with Gasteiger partial charge < -0.3 is 19.3 Å². The Balaban J connectivity index is 0. The molecule has 0 aliphatic carbocycles. The zero-order valence-corrected chi connectivity index (χ0v) is 16.0. The van der Waals surface area contributed by atoms with Crippen LogP contribution >= 0.6 is 0 Å². The second-order valence-corrected chi connectivity index (χ2v) is 7.16. The van der Waals surface area contributed by atoms with E-state index in [1.807, 2.05) is 27.7 Å². The van der Waals surface area contributed by atoms with Crippen LogP contribution in [0.2, 0.25) is 6.04 Å². The van der Waals surface area contributed by atoms with Crippen molar-refractivity contribution in [2.24, 2.45) is 0 Å². The highest BCUT2D eigenvalue weighted by molar-refractivity contribution is 6.36. The van der Waals surface area contributed by atoms with Gasteiger partial charge in [0.05, 0.1) is 28.3 Å². The van der Waals surface area contributed by atoms with Gasteiger partial charge >= 0.3 is 11.9 Å². The van der Waals surface area contributed by atoms with Crippen molar-refractivity contribution in [2.75, 3.05) is 6.61 Å². The first-order valence-corrected chi connectivity index (χ1v) is 9.50. The Kier molecular flexibility index (Phi) is 16.0. The van der Waals surface area contributed by atoms with E-state index in [9.17, 15) is 9.59 Å². The molecular formula is C16H30O6Si. The second-order valence-electron chi connectivity index (χ2n) is 5.21. The quantitative estimate of drug-likeness (QED) is 0.203.